The summed E-state index contributed by atoms with van der Waals surface area (Å²) < 4.78 is 18.4. The third-order valence-electron chi connectivity index (χ3n) is 3.61. The van der Waals surface area contributed by atoms with Crippen LogP contribution in [0.4, 0.5) is 15.9 Å². The summed E-state index contributed by atoms with van der Waals surface area (Å²) in [5.74, 6) is 0.331. The molecule has 0 radical (unpaired) electrons. The van der Waals surface area contributed by atoms with Gasteiger partial charge in [0, 0.05) is 23.0 Å². The first kappa shape index (κ1) is 17.5. The smallest absolute Gasteiger partial charge is 0.338 e. The molecule has 2 aromatic carbocycles. The number of ether oxygens (including phenoxy) is 1. The molecule has 132 valence electrons. The van der Waals surface area contributed by atoms with Crippen LogP contribution < -0.4 is 5.32 Å². The van der Waals surface area contributed by atoms with E-state index in [1.807, 2.05) is 6.92 Å². The highest BCUT2D eigenvalue weighted by atomic mass is 19.1. The average molecular weight is 351 g/mol. The van der Waals surface area contributed by atoms with Gasteiger partial charge in [-0.2, -0.15) is 0 Å². The van der Waals surface area contributed by atoms with Crippen molar-refractivity contribution < 1.29 is 13.9 Å². The summed E-state index contributed by atoms with van der Waals surface area (Å²) in [4.78, 5) is 20.5. The zero-order chi connectivity index (χ0) is 18.5. The topological polar surface area (TPSA) is 64.1 Å². The Hall–Kier alpha value is -3.28. The molecule has 0 spiro atoms. The predicted octanol–water partition coefficient (Wildman–Crippen LogP) is 4.51. The van der Waals surface area contributed by atoms with Gasteiger partial charge in [-0.15, -0.1) is 0 Å². The molecule has 3 aromatic rings. The van der Waals surface area contributed by atoms with Crippen LogP contribution in [0.1, 0.15) is 23.0 Å². The maximum atomic E-state index is 13.4. The highest BCUT2D eigenvalue weighted by Gasteiger charge is 2.08. The number of nitrogens with one attached hydrogen (secondary N) is 1. The maximum Gasteiger partial charge on any atom is 0.338 e. The maximum absolute atomic E-state index is 13.4. The van der Waals surface area contributed by atoms with Crippen molar-refractivity contribution in [1.82, 2.24) is 9.97 Å². The minimum Gasteiger partial charge on any atom is -0.462 e. The van der Waals surface area contributed by atoms with Crippen LogP contribution in [0.15, 0.2) is 54.6 Å². The molecule has 0 aliphatic heterocycles. The van der Waals surface area contributed by atoms with E-state index in [-0.39, 0.29) is 11.8 Å². The first-order valence-corrected chi connectivity index (χ1v) is 8.21. The molecule has 6 heteroatoms. The summed E-state index contributed by atoms with van der Waals surface area (Å²) in [6.45, 7) is 3.95. The van der Waals surface area contributed by atoms with Crippen LogP contribution in [0.25, 0.3) is 11.4 Å². The molecule has 1 aromatic heterocycles. The second kappa shape index (κ2) is 7.74. The Balaban J connectivity index is 1.83. The molecule has 0 atom stereocenters. The van der Waals surface area contributed by atoms with Crippen molar-refractivity contribution in [2.75, 3.05) is 11.9 Å². The monoisotopic (exact) mass is 351 g/mol. The number of esters is 1. The Morgan fingerprint density at radius 3 is 2.58 bits per heavy atom. The normalized spacial score (nSPS) is 10.4. The van der Waals surface area contributed by atoms with Crippen LogP contribution in [0.2, 0.25) is 0 Å². The molecular formula is C20H18FN3O2. The summed E-state index contributed by atoms with van der Waals surface area (Å²) in [7, 11) is 0. The molecule has 3 rings (SSSR count). The lowest BCUT2D eigenvalue weighted by molar-refractivity contribution is 0.0526. The number of hydrogen-bond donors (Lipinski definition) is 1. The van der Waals surface area contributed by atoms with Gasteiger partial charge in [-0.1, -0.05) is 12.1 Å². The fourth-order valence-electron chi connectivity index (χ4n) is 2.44. The van der Waals surface area contributed by atoms with Gasteiger partial charge < -0.3 is 10.1 Å². The van der Waals surface area contributed by atoms with E-state index in [1.165, 1.54) is 12.1 Å². The van der Waals surface area contributed by atoms with Gasteiger partial charge in [-0.05, 0) is 50.2 Å². The van der Waals surface area contributed by atoms with E-state index >= 15 is 0 Å². The number of carbonyl (C=O) groups excluding carboxylic acids is 1. The molecule has 26 heavy (non-hydrogen) atoms. The van der Waals surface area contributed by atoms with Crippen molar-refractivity contribution in [3.63, 3.8) is 0 Å². The van der Waals surface area contributed by atoms with Crippen molar-refractivity contribution in [1.29, 1.82) is 0 Å². The molecular weight excluding hydrogens is 333 g/mol. The molecule has 0 saturated heterocycles. The summed E-state index contributed by atoms with van der Waals surface area (Å²) >= 11 is 0. The van der Waals surface area contributed by atoms with Gasteiger partial charge in [0.2, 0.25) is 0 Å². The summed E-state index contributed by atoms with van der Waals surface area (Å²) in [6.07, 6.45) is 0. The van der Waals surface area contributed by atoms with Crippen LogP contribution in [0.5, 0.6) is 0 Å². The van der Waals surface area contributed by atoms with E-state index in [4.69, 9.17) is 4.74 Å². The number of aromatic nitrogens is 2. The molecule has 1 N–H and O–H groups in total. The van der Waals surface area contributed by atoms with Crippen LogP contribution in [-0.4, -0.2) is 22.5 Å². The molecule has 1 heterocycles. The zero-order valence-corrected chi connectivity index (χ0v) is 14.5. The molecule has 0 saturated carbocycles. The van der Waals surface area contributed by atoms with Crippen molar-refractivity contribution in [2.24, 2.45) is 0 Å². The number of halogens is 1. The fourth-order valence-corrected chi connectivity index (χ4v) is 2.44. The van der Waals surface area contributed by atoms with Gasteiger partial charge in [-0.3, -0.25) is 0 Å². The van der Waals surface area contributed by atoms with E-state index < -0.39 is 0 Å². The number of carbonyl (C=O) groups is 1. The lowest BCUT2D eigenvalue weighted by Crippen LogP contribution is -2.04. The van der Waals surface area contributed by atoms with Crippen LogP contribution in [0, 0.1) is 12.7 Å². The van der Waals surface area contributed by atoms with Gasteiger partial charge in [0.05, 0.1) is 12.2 Å². The quantitative estimate of drug-likeness (QED) is 0.685. The third-order valence-corrected chi connectivity index (χ3v) is 3.61. The highest BCUT2D eigenvalue weighted by molar-refractivity contribution is 5.89. The number of rotatable bonds is 5. The minimum absolute atomic E-state index is 0.335. The molecule has 5 nitrogen and oxygen atoms in total. The van der Waals surface area contributed by atoms with Crippen molar-refractivity contribution in [3.05, 3.63) is 71.7 Å². The number of anilines is 2. The highest BCUT2D eigenvalue weighted by Crippen LogP contribution is 2.21. The third kappa shape index (κ3) is 4.22. The molecule has 0 fully saturated rings. The average Bonchev–Trinajstić information content (AvgIpc) is 2.62. The number of nitrogens with zero attached hydrogens (tertiary/aromatic N) is 2. The van der Waals surface area contributed by atoms with E-state index in [2.05, 4.69) is 15.3 Å². The van der Waals surface area contributed by atoms with E-state index in [1.54, 1.807) is 49.4 Å². The second-order valence-electron chi connectivity index (χ2n) is 5.65. The molecule has 0 aliphatic carbocycles. The number of hydrogen-bond acceptors (Lipinski definition) is 5. The summed E-state index contributed by atoms with van der Waals surface area (Å²) in [5, 5.41) is 3.17. The summed E-state index contributed by atoms with van der Waals surface area (Å²) in [5.41, 5.74) is 2.61. The molecule has 0 unspecified atom stereocenters. The fraction of sp³-hybridized carbons (Fsp3) is 0.150. The minimum atomic E-state index is -0.356. The van der Waals surface area contributed by atoms with Gasteiger partial charge in [0.1, 0.15) is 11.6 Å². The second-order valence-corrected chi connectivity index (χ2v) is 5.65. The van der Waals surface area contributed by atoms with Crippen LogP contribution >= 0.6 is 0 Å². The van der Waals surface area contributed by atoms with Crippen LogP contribution in [0.3, 0.4) is 0 Å². The van der Waals surface area contributed by atoms with Crippen LogP contribution in [-0.2, 0) is 4.74 Å². The van der Waals surface area contributed by atoms with E-state index in [0.717, 1.165) is 11.4 Å². The first-order chi connectivity index (χ1) is 12.5. The van der Waals surface area contributed by atoms with E-state index in [9.17, 15) is 9.18 Å². The number of aryl methyl sites for hydroxylation is 1. The van der Waals surface area contributed by atoms with E-state index in [0.29, 0.717) is 29.4 Å². The first-order valence-electron chi connectivity index (χ1n) is 8.21. The summed E-state index contributed by atoms with van der Waals surface area (Å²) in [6, 6.07) is 14.9. The molecule has 0 aliphatic rings. The standard InChI is InChI=1S/C20H18FN3O2/c1-3-26-20(25)14-7-9-17(10-8-14)23-18-11-13(2)22-19(24-18)15-5-4-6-16(21)12-15/h4-12H,3H2,1-2H3,(H,22,23,24). The van der Waals surface area contributed by atoms with Gasteiger partial charge in [-0.25, -0.2) is 19.2 Å². The Bertz CT molecular complexity index is 927. The molecule has 0 amide bonds. The van der Waals surface area contributed by atoms with Crippen molar-refractivity contribution >= 4 is 17.5 Å². The van der Waals surface area contributed by atoms with Gasteiger partial charge in [0.25, 0.3) is 0 Å². The van der Waals surface area contributed by atoms with Gasteiger partial charge >= 0.3 is 5.97 Å². The number of benzene rings is 2. The van der Waals surface area contributed by atoms with Crippen molar-refractivity contribution in [2.45, 2.75) is 13.8 Å². The SMILES string of the molecule is CCOC(=O)c1ccc(Nc2cc(C)nc(-c3cccc(F)c3)n2)cc1. The van der Waals surface area contributed by atoms with Crippen molar-refractivity contribution in [3.8, 4) is 11.4 Å². The Labute approximate surface area is 150 Å². The van der Waals surface area contributed by atoms with Gasteiger partial charge in [0.15, 0.2) is 5.82 Å². The Morgan fingerprint density at radius 2 is 1.88 bits per heavy atom. The lowest BCUT2D eigenvalue weighted by Gasteiger charge is -2.09. The Kier molecular flexibility index (Phi) is 5.22. The predicted molar refractivity (Wildman–Crippen MR) is 97.8 cm³/mol. The Morgan fingerprint density at radius 1 is 1.12 bits per heavy atom. The zero-order valence-electron chi connectivity index (χ0n) is 14.5. The molecule has 0 bridgehead atoms. The lowest BCUT2D eigenvalue weighted by atomic mass is 10.2. The largest absolute Gasteiger partial charge is 0.462 e.